The number of para-hydroxylation sites is 1. The largest absolute Gasteiger partial charge is 0.447 e. The van der Waals surface area contributed by atoms with Crippen LogP contribution in [-0.4, -0.2) is 47.1 Å². The molecule has 5 rings (SSSR count). The number of nitro groups is 1. The van der Waals surface area contributed by atoms with Crippen molar-refractivity contribution in [3.63, 3.8) is 0 Å². The van der Waals surface area contributed by atoms with Crippen LogP contribution in [0.3, 0.4) is 0 Å². The molecular formula is C19H19FN3O6P. The zero-order valence-electron chi connectivity index (χ0n) is 15.9. The molecule has 2 aromatic carbocycles. The van der Waals surface area contributed by atoms with Crippen LogP contribution in [0, 0.1) is 15.9 Å². The molecule has 1 atom stereocenters. The lowest BCUT2D eigenvalue weighted by atomic mass is 9.99. The number of ether oxygens (including phenoxy) is 2. The lowest BCUT2D eigenvalue weighted by Gasteiger charge is -2.30. The first kappa shape index (κ1) is 19.6. The molecule has 3 heterocycles. The van der Waals surface area contributed by atoms with E-state index in [0.29, 0.717) is 37.3 Å². The van der Waals surface area contributed by atoms with E-state index in [-0.39, 0.29) is 30.4 Å². The first-order valence-corrected chi connectivity index (χ1v) is 11.1. The smallest absolute Gasteiger partial charge is 0.346 e. The summed E-state index contributed by atoms with van der Waals surface area (Å²) in [7, 11) is -3.13. The van der Waals surface area contributed by atoms with Crippen molar-refractivity contribution in [2.75, 3.05) is 32.8 Å². The van der Waals surface area contributed by atoms with Gasteiger partial charge in [0.25, 0.3) is 0 Å². The molecular weight excluding hydrogens is 416 g/mol. The number of hydrogen-bond acceptors (Lipinski definition) is 6. The quantitative estimate of drug-likeness (QED) is 0.280. The van der Waals surface area contributed by atoms with Crippen molar-refractivity contribution in [3.05, 3.63) is 63.5 Å². The molecule has 0 N–H and O–H groups in total. The molecule has 0 aromatic heterocycles. The molecule has 11 heteroatoms. The van der Waals surface area contributed by atoms with Gasteiger partial charge in [-0.2, -0.15) is 0 Å². The molecule has 0 spiro atoms. The Morgan fingerprint density at radius 2 is 1.83 bits per heavy atom. The maximum absolute atomic E-state index is 14.1. The normalized spacial score (nSPS) is 21.2. The highest BCUT2D eigenvalue weighted by Gasteiger charge is 2.51. The monoisotopic (exact) mass is 435 g/mol. The SMILES string of the molecule is O=[N+]([O-])c1cc2c(cc1Oc1ccccc1F)C(OP(=O)(N1CC1)N1CC1)COC2. The summed E-state index contributed by atoms with van der Waals surface area (Å²) < 4.78 is 48.2. The Morgan fingerprint density at radius 1 is 1.13 bits per heavy atom. The first-order valence-electron chi connectivity index (χ1n) is 9.56. The highest BCUT2D eigenvalue weighted by molar-refractivity contribution is 7.54. The van der Waals surface area contributed by atoms with Crippen molar-refractivity contribution in [2.24, 2.45) is 0 Å². The van der Waals surface area contributed by atoms with Crippen LogP contribution in [0.2, 0.25) is 0 Å². The average molecular weight is 435 g/mol. The minimum Gasteiger partial charge on any atom is -0.447 e. The number of halogens is 1. The van der Waals surface area contributed by atoms with Crippen molar-refractivity contribution in [3.8, 4) is 11.5 Å². The van der Waals surface area contributed by atoms with Crippen LogP contribution in [-0.2, 0) is 20.4 Å². The zero-order chi connectivity index (χ0) is 20.9. The maximum atomic E-state index is 14.1. The predicted octanol–water partition coefficient (Wildman–Crippen LogP) is 3.85. The topological polar surface area (TPSA) is 93.9 Å². The molecule has 0 saturated carbocycles. The van der Waals surface area contributed by atoms with Gasteiger partial charge in [0, 0.05) is 32.2 Å². The first-order chi connectivity index (χ1) is 14.5. The highest BCUT2D eigenvalue weighted by Crippen LogP contribution is 2.63. The number of fused-ring (bicyclic) bond motifs is 1. The lowest BCUT2D eigenvalue weighted by Crippen LogP contribution is -2.21. The van der Waals surface area contributed by atoms with Gasteiger partial charge in [-0.3, -0.25) is 19.2 Å². The van der Waals surface area contributed by atoms with Gasteiger partial charge in [-0.15, -0.1) is 0 Å². The van der Waals surface area contributed by atoms with Crippen molar-refractivity contribution < 1.29 is 27.9 Å². The molecule has 0 radical (unpaired) electrons. The number of nitro benzene ring substituents is 1. The minimum absolute atomic E-state index is 0.104. The molecule has 2 saturated heterocycles. The summed E-state index contributed by atoms with van der Waals surface area (Å²) in [6, 6.07) is 8.51. The summed E-state index contributed by atoms with van der Waals surface area (Å²) in [6.07, 6.45) is -0.676. The molecule has 3 aliphatic rings. The Labute approximate surface area is 171 Å². The van der Waals surface area contributed by atoms with E-state index in [1.807, 2.05) is 0 Å². The Morgan fingerprint density at radius 3 is 2.47 bits per heavy atom. The molecule has 158 valence electrons. The highest BCUT2D eigenvalue weighted by atomic mass is 31.2. The van der Waals surface area contributed by atoms with Crippen LogP contribution in [0.1, 0.15) is 17.2 Å². The summed E-state index contributed by atoms with van der Waals surface area (Å²) in [4.78, 5) is 11.0. The van der Waals surface area contributed by atoms with Crippen LogP contribution in [0.4, 0.5) is 10.1 Å². The molecule has 0 bridgehead atoms. The van der Waals surface area contributed by atoms with Gasteiger partial charge in [-0.05, 0) is 29.3 Å². The van der Waals surface area contributed by atoms with Crippen LogP contribution >= 0.6 is 7.67 Å². The van der Waals surface area contributed by atoms with Gasteiger partial charge in [0.1, 0.15) is 6.10 Å². The van der Waals surface area contributed by atoms with Crippen LogP contribution < -0.4 is 4.74 Å². The van der Waals surface area contributed by atoms with Crippen molar-refractivity contribution in [1.29, 1.82) is 0 Å². The summed E-state index contributed by atoms with van der Waals surface area (Å²) in [5.74, 6) is -0.857. The maximum Gasteiger partial charge on any atom is 0.346 e. The predicted molar refractivity (Wildman–Crippen MR) is 104 cm³/mol. The van der Waals surface area contributed by atoms with E-state index < -0.39 is 24.5 Å². The third-order valence-corrected chi connectivity index (χ3v) is 7.93. The van der Waals surface area contributed by atoms with E-state index in [4.69, 9.17) is 14.0 Å². The fraction of sp³-hybridized carbons (Fsp3) is 0.368. The van der Waals surface area contributed by atoms with Crippen molar-refractivity contribution in [1.82, 2.24) is 9.34 Å². The number of rotatable bonds is 7. The third kappa shape index (κ3) is 3.61. The Hall–Kier alpha value is -2.36. The second kappa shape index (κ2) is 7.40. The standard InChI is InChI=1S/C19H19FN3O6P/c20-15-3-1-2-4-17(15)28-18-10-14-13(9-16(18)23(24)25)11-27-12-19(14)29-30(26,21-5-6-21)22-7-8-22/h1-4,9-10,19H,5-8,11-12H2. The van der Waals surface area contributed by atoms with Crippen LogP contribution in [0.5, 0.6) is 11.5 Å². The van der Waals surface area contributed by atoms with E-state index in [2.05, 4.69) is 0 Å². The summed E-state index contributed by atoms with van der Waals surface area (Å²) in [5.41, 5.74) is 0.852. The fourth-order valence-corrected chi connectivity index (χ4v) is 5.77. The van der Waals surface area contributed by atoms with Crippen LogP contribution in [0.15, 0.2) is 36.4 Å². The van der Waals surface area contributed by atoms with Gasteiger partial charge >= 0.3 is 13.4 Å². The van der Waals surface area contributed by atoms with Gasteiger partial charge in [-0.1, -0.05) is 12.1 Å². The molecule has 2 fully saturated rings. The molecule has 9 nitrogen and oxygen atoms in total. The molecule has 0 aliphatic carbocycles. The summed E-state index contributed by atoms with van der Waals surface area (Å²) >= 11 is 0. The van der Waals surface area contributed by atoms with Crippen molar-refractivity contribution >= 4 is 13.4 Å². The van der Waals surface area contributed by atoms with E-state index in [9.17, 15) is 19.1 Å². The van der Waals surface area contributed by atoms with Crippen molar-refractivity contribution in [2.45, 2.75) is 12.7 Å². The number of hydrogen-bond donors (Lipinski definition) is 0. The second-order valence-corrected chi connectivity index (χ2v) is 9.64. The van der Waals surface area contributed by atoms with E-state index >= 15 is 0 Å². The Balaban J connectivity index is 1.51. The Kier molecular flexibility index (Phi) is 4.83. The summed E-state index contributed by atoms with van der Waals surface area (Å²) in [6.45, 7) is 3.14. The second-order valence-electron chi connectivity index (χ2n) is 7.32. The van der Waals surface area contributed by atoms with E-state index in [1.165, 1.54) is 30.3 Å². The molecule has 1 unspecified atom stereocenters. The van der Waals surface area contributed by atoms with E-state index in [1.54, 1.807) is 15.4 Å². The van der Waals surface area contributed by atoms with Gasteiger partial charge in [0.2, 0.25) is 5.75 Å². The molecule has 2 aromatic rings. The van der Waals surface area contributed by atoms with Gasteiger partial charge in [0.15, 0.2) is 11.6 Å². The number of benzene rings is 2. The number of nitrogens with zero attached hydrogens (tertiary/aromatic N) is 3. The van der Waals surface area contributed by atoms with Gasteiger partial charge in [0.05, 0.1) is 18.1 Å². The lowest BCUT2D eigenvalue weighted by molar-refractivity contribution is -0.385. The molecule has 30 heavy (non-hydrogen) atoms. The Bertz CT molecular complexity index is 1040. The molecule has 3 aliphatic heterocycles. The summed E-state index contributed by atoms with van der Waals surface area (Å²) in [5, 5.41) is 11.6. The fourth-order valence-electron chi connectivity index (χ4n) is 3.45. The molecule has 0 amide bonds. The van der Waals surface area contributed by atoms with Gasteiger partial charge < -0.3 is 9.47 Å². The average Bonchev–Trinajstić information content (AvgIpc) is 3.62. The van der Waals surface area contributed by atoms with E-state index in [0.717, 1.165) is 0 Å². The van der Waals surface area contributed by atoms with Gasteiger partial charge in [-0.25, -0.2) is 13.7 Å². The zero-order valence-corrected chi connectivity index (χ0v) is 16.8. The minimum atomic E-state index is -3.13. The third-order valence-electron chi connectivity index (χ3n) is 5.17. The van der Waals surface area contributed by atoms with Crippen LogP contribution in [0.25, 0.3) is 0 Å².